The molecular formula is C12H21N3O. The minimum atomic E-state index is 0.0665. The molecule has 1 aromatic rings. The Morgan fingerprint density at radius 3 is 2.75 bits per heavy atom. The first kappa shape index (κ1) is 12.8. The van der Waals surface area contributed by atoms with E-state index in [4.69, 9.17) is 5.73 Å². The summed E-state index contributed by atoms with van der Waals surface area (Å²) in [6, 6.07) is 4.08. The van der Waals surface area contributed by atoms with Crippen LogP contribution in [0.2, 0.25) is 0 Å². The average Bonchev–Trinajstić information content (AvgIpc) is 2.57. The number of nitrogens with two attached hydrogens (primary N) is 1. The monoisotopic (exact) mass is 223 g/mol. The maximum atomic E-state index is 11.5. The van der Waals surface area contributed by atoms with E-state index < -0.39 is 0 Å². The molecule has 4 nitrogen and oxygen atoms in total. The molecule has 0 fully saturated rings. The Morgan fingerprint density at radius 2 is 2.25 bits per heavy atom. The highest BCUT2D eigenvalue weighted by molar-refractivity contribution is 5.76. The molecule has 0 aliphatic heterocycles. The summed E-state index contributed by atoms with van der Waals surface area (Å²) in [7, 11) is 2.00. The molecule has 0 spiro atoms. The molecule has 0 radical (unpaired) electrons. The molecule has 3 N–H and O–H groups in total. The van der Waals surface area contributed by atoms with Crippen molar-refractivity contribution in [2.24, 2.45) is 18.7 Å². The van der Waals surface area contributed by atoms with E-state index >= 15 is 0 Å². The molecule has 0 aliphatic rings. The quantitative estimate of drug-likeness (QED) is 0.780. The van der Waals surface area contributed by atoms with Crippen molar-refractivity contribution in [2.75, 3.05) is 6.54 Å². The summed E-state index contributed by atoms with van der Waals surface area (Å²) < 4.78 is 2.08. The lowest BCUT2D eigenvalue weighted by molar-refractivity contribution is -0.122. The molecule has 1 heterocycles. The van der Waals surface area contributed by atoms with Crippen molar-refractivity contribution in [2.45, 2.75) is 26.8 Å². The third-order valence-electron chi connectivity index (χ3n) is 2.88. The second-order valence-electron chi connectivity index (χ2n) is 4.35. The van der Waals surface area contributed by atoms with Crippen LogP contribution < -0.4 is 11.1 Å². The summed E-state index contributed by atoms with van der Waals surface area (Å²) in [5.74, 6) is 0.312. The Morgan fingerprint density at radius 1 is 1.56 bits per heavy atom. The molecule has 4 heteroatoms. The molecule has 1 aromatic heterocycles. The molecule has 0 aliphatic carbocycles. The number of aromatic nitrogens is 1. The van der Waals surface area contributed by atoms with Gasteiger partial charge in [-0.25, -0.2) is 0 Å². The van der Waals surface area contributed by atoms with Gasteiger partial charge in [0.2, 0.25) is 5.91 Å². The van der Waals surface area contributed by atoms with Crippen molar-refractivity contribution in [1.29, 1.82) is 0 Å². The van der Waals surface area contributed by atoms with Crippen LogP contribution in [0.1, 0.15) is 24.7 Å². The third kappa shape index (κ3) is 3.38. The number of carbonyl (C=O) groups is 1. The zero-order chi connectivity index (χ0) is 12.1. The highest BCUT2D eigenvalue weighted by Crippen LogP contribution is 2.05. The Bertz CT molecular complexity index is 357. The van der Waals surface area contributed by atoms with Gasteiger partial charge < -0.3 is 15.6 Å². The minimum Gasteiger partial charge on any atom is -0.351 e. The number of nitrogens with zero attached hydrogens (tertiary/aromatic N) is 1. The van der Waals surface area contributed by atoms with Crippen molar-refractivity contribution in [3.05, 3.63) is 23.5 Å². The molecule has 0 bridgehead atoms. The van der Waals surface area contributed by atoms with Crippen molar-refractivity contribution in [1.82, 2.24) is 9.88 Å². The van der Waals surface area contributed by atoms with Gasteiger partial charge in [-0.15, -0.1) is 0 Å². The van der Waals surface area contributed by atoms with Gasteiger partial charge in [-0.3, -0.25) is 4.79 Å². The molecule has 0 saturated carbocycles. The molecule has 1 rings (SSSR count). The van der Waals surface area contributed by atoms with Gasteiger partial charge in [0, 0.05) is 24.9 Å². The molecule has 0 saturated heterocycles. The number of hydrogen-bond acceptors (Lipinski definition) is 2. The predicted molar refractivity (Wildman–Crippen MR) is 64.8 cm³/mol. The van der Waals surface area contributed by atoms with Crippen LogP contribution in [-0.4, -0.2) is 17.0 Å². The first-order valence-electron chi connectivity index (χ1n) is 5.62. The second-order valence-corrected chi connectivity index (χ2v) is 4.35. The van der Waals surface area contributed by atoms with Crippen LogP contribution in [0.15, 0.2) is 12.1 Å². The van der Waals surface area contributed by atoms with Gasteiger partial charge in [-0.05, 0) is 31.5 Å². The fourth-order valence-corrected chi connectivity index (χ4v) is 1.51. The summed E-state index contributed by atoms with van der Waals surface area (Å²) >= 11 is 0. The number of amides is 1. The van der Waals surface area contributed by atoms with Gasteiger partial charge in [0.1, 0.15) is 0 Å². The molecule has 90 valence electrons. The van der Waals surface area contributed by atoms with Crippen LogP contribution in [0, 0.1) is 12.8 Å². The standard InChI is InChI=1S/C12H21N3O/c1-9(7-13)6-12(16)14-8-11-5-4-10(2)15(11)3/h4-5,9H,6-8,13H2,1-3H3,(H,14,16). The minimum absolute atomic E-state index is 0.0665. The van der Waals surface area contributed by atoms with Crippen LogP contribution in [0.5, 0.6) is 0 Å². The Hall–Kier alpha value is -1.29. The molecular weight excluding hydrogens is 202 g/mol. The molecule has 1 unspecified atom stereocenters. The van der Waals surface area contributed by atoms with Crippen LogP contribution >= 0.6 is 0 Å². The van der Waals surface area contributed by atoms with Gasteiger partial charge in [0.05, 0.1) is 6.54 Å². The van der Waals surface area contributed by atoms with E-state index in [1.807, 2.05) is 33.0 Å². The van der Waals surface area contributed by atoms with E-state index in [2.05, 4.69) is 9.88 Å². The van der Waals surface area contributed by atoms with E-state index in [0.717, 1.165) is 5.69 Å². The second kappa shape index (κ2) is 5.70. The van der Waals surface area contributed by atoms with Crippen LogP contribution in [-0.2, 0) is 18.4 Å². The molecule has 16 heavy (non-hydrogen) atoms. The Kier molecular flexibility index (Phi) is 4.55. The van der Waals surface area contributed by atoms with E-state index in [-0.39, 0.29) is 11.8 Å². The van der Waals surface area contributed by atoms with E-state index in [1.165, 1.54) is 5.69 Å². The van der Waals surface area contributed by atoms with Crippen LogP contribution in [0.3, 0.4) is 0 Å². The third-order valence-corrected chi connectivity index (χ3v) is 2.88. The van der Waals surface area contributed by atoms with Crippen molar-refractivity contribution >= 4 is 5.91 Å². The maximum absolute atomic E-state index is 11.5. The topological polar surface area (TPSA) is 60.1 Å². The highest BCUT2D eigenvalue weighted by atomic mass is 16.1. The summed E-state index contributed by atoms with van der Waals surface area (Å²) in [6.07, 6.45) is 0.500. The van der Waals surface area contributed by atoms with Crippen molar-refractivity contribution < 1.29 is 4.79 Å². The van der Waals surface area contributed by atoms with Gasteiger partial charge >= 0.3 is 0 Å². The largest absolute Gasteiger partial charge is 0.351 e. The molecule has 1 amide bonds. The zero-order valence-corrected chi connectivity index (χ0v) is 10.3. The maximum Gasteiger partial charge on any atom is 0.220 e. The number of aryl methyl sites for hydroxylation is 1. The average molecular weight is 223 g/mol. The summed E-state index contributed by atoms with van der Waals surface area (Å²) in [5, 5.41) is 2.90. The van der Waals surface area contributed by atoms with Crippen molar-refractivity contribution in [3.8, 4) is 0 Å². The zero-order valence-electron chi connectivity index (χ0n) is 10.3. The van der Waals surface area contributed by atoms with Crippen molar-refractivity contribution in [3.63, 3.8) is 0 Å². The van der Waals surface area contributed by atoms with Gasteiger partial charge in [-0.2, -0.15) is 0 Å². The summed E-state index contributed by atoms with van der Waals surface area (Å²) in [6.45, 7) is 5.16. The summed E-state index contributed by atoms with van der Waals surface area (Å²) in [4.78, 5) is 11.5. The Balaban J connectivity index is 2.40. The number of carbonyl (C=O) groups excluding carboxylic acids is 1. The van der Waals surface area contributed by atoms with Crippen LogP contribution in [0.25, 0.3) is 0 Å². The number of rotatable bonds is 5. The molecule has 1 atom stereocenters. The highest BCUT2D eigenvalue weighted by Gasteiger charge is 2.08. The smallest absolute Gasteiger partial charge is 0.220 e. The first-order chi connectivity index (χ1) is 7.54. The normalized spacial score (nSPS) is 12.5. The summed E-state index contributed by atoms with van der Waals surface area (Å²) in [5.41, 5.74) is 7.78. The van der Waals surface area contributed by atoms with Gasteiger partial charge in [0.15, 0.2) is 0 Å². The number of hydrogen-bond donors (Lipinski definition) is 2. The SMILES string of the molecule is Cc1ccc(CNC(=O)CC(C)CN)n1C. The fourth-order valence-electron chi connectivity index (χ4n) is 1.51. The first-order valence-corrected chi connectivity index (χ1v) is 5.62. The van der Waals surface area contributed by atoms with Gasteiger partial charge in [0.25, 0.3) is 0 Å². The number of nitrogens with one attached hydrogen (secondary N) is 1. The van der Waals surface area contributed by atoms with E-state index in [1.54, 1.807) is 0 Å². The van der Waals surface area contributed by atoms with Crippen LogP contribution in [0.4, 0.5) is 0 Å². The lowest BCUT2D eigenvalue weighted by Crippen LogP contribution is -2.27. The predicted octanol–water partition coefficient (Wildman–Crippen LogP) is 0.935. The molecule has 0 aromatic carbocycles. The Labute approximate surface area is 96.8 Å². The van der Waals surface area contributed by atoms with E-state index in [9.17, 15) is 4.79 Å². The lowest BCUT2D eigenvalue weighted by atomic mass is 10.1. The fraction of sp³-hybridized carbons (Fsp3) is 0.583. The van der Waals surface area contributed by atoms with E-state index in [0.29, 0.717) is 19.5 Å². The lowest BCUT2D eigenvalue weighted by Gasteiger charge is -2.10. The van der Waals surface area contributed by atoms with Gasteiger partial charge in [-0.1, -0.05) is 6.92 Å².